The number of thiazole rings is 1. The zero-order valence-electron chi connectivity index (χ0n) is 18.9. The number of hydrogen-bond donors (Lipinski definition) is 1. The van der Waals surface area contributed by atoms with E-state index in [9.17, 15) is 14.7 Å². The lowest BCUT2D eigenvalue weighted by atomic mass is 9.94. The summed E-state index contributed by atoms with van der Waals surface area (Å²) in [5, 5.41) is 12.7. The van der Waals surface area contributed by atoms with Crippen molar-refractivity contribution in [3.63, 3.8) is 0 Å². The topological polar surface area (TPSA) is 79.7 Å². The first-order valence-electron chi connectivity index (χ1n) is 11.2. The summed E-state index contributed by atoms with van der Waals surface area (Å²) >= 11 is 13.7. The van der Waals surface area contributed by atoms with Gasteiger partial charge in [-0.2, -0.15) is 0 Å². The highest BCUT2D eigenvalue weighted by molar-refractivity contribution is 7.22. The normalized spacial score (nSPS) is 20.7. The Morgan fingerprint density at radius 2 is 1.89 bits per heavy atom. The molecule has 1 saturated heterocycles. The largest absolute Gasteiger partial charge is 0.507 e. The summed E-state index contributed by atoms with van der Waals surface area (Å²) in [6, 6.07) is 16.5. The van der Waals surface area contributed by atoms with Crippen LogP contribution >= 0.6 is 34.5 Å². The minimum absolute atomic E-state index is 0.0218. The van der Waals surface area contributed by atoms with Crippen LogP contribution in [-0.2, 0) is 16.0 Å². The van der Waals surface area contributed by atoms with Gasteiger partial charge in [-0.1, -0.05) is 46.7 Å². The maximum Gasteiger partial charge on any atom is 0.301 e. The molecule has 0 saturated carbocycles. The van der Waals surface area contributed by atoms with Gasteiger partial charge in [-0.3, -0.25) is 14.5 Å². The van der Waals surface area contributed by atoms with E-state index in [4.69, 9.17) is 27.9 Å². The van der Waals surface area contributed by atoms with Crippen LogP contribution in [0.1, 0.15) is 29.7 Å². The quantitative estimate of drug-likeness (QED) is 0.182. The number of carbonyl (C=O) groups excluding carboxylic acids is 2. The maximum absolute atomic E-state index is 13.4. The van der Waals surface area contributed by atoms with Crippen molar-refractivity contribution < 1.29 is 19.4 Å². The van der Waals surface area contributed by atoms with Gasteiger partial charge in [0, 0.05) is 22.0 Å². The van der Waals surface area contributed by atoms with Crippen LogP contribution in [0, 0.1) is 0 Å². The number of Topliss-reactive ketones (excluding diaryl/α,β-unsaturated/α-hetero) is 1. The molecular weight excluding hydrogens is 519 g/mol. The van der Waals surface area contributed by atoms with Gasteiger partial charge in [-0.15, -0.1) is 0 Å². The Hall–Kier alpha value is -3.39. The summed E-state index contributed by atoms with van der Waals surface area (Å²) in [5.41, 5.74) is 2.58. The van der Waals surface area contributed by atoms with Crippen molar-refractivity contribution in [1.82, 2.24) is 4.98 Å². The van der Waals surface area contributed by atoms with E-state index in [1.54, 1.807) is 60.7 Å². The molecule has 1 amide bonds. The molecule has 0 spiro atoms. The minimum Gasteiger partial charge on any atom is -0.507 e. The van der Waals surface area contributed by atoms with Crippen molar-refractivity contribution >= 4 is 67.3 Å². The second-order valence-corrected chi connectivity index (χ2v) is 10.7. The Morgan fingerprint density at radius 3 is 2.69 bits per heavy atom. The van der Waals surface area contributed by atoms with Crippen molar-refractivity contribution in [3.05, 3.63) is 93.0 Å². The minimum atomic E-state index is -0.914. The Bertz CT molecular complexity index is 1610. The zero-order valence-corrected chi connectivity index (χ0v) is 21.2. The molecule has 180 valence electrons. The highest BCUT2D eigenvalue weighted by Crippen LogP contribution is 2.45. The lowest BCUT2D eigenvalue weighted by Crippen LogP contribution is -2.29. The number of anilines is 1. The van der Waals surface area contributed by atoms with Crippen LogP contribution in [0.5, 0.6) is 5.75 Å². The van der Waals surface area contributed by atoms with E-state index in [0.29, 0.717) is 38.2 Å². The number of nitrogens with zero attached hydrogens (tertiary/aromatic N) is 2. The molecule has 6 nitrogen and oxygen atoms in total. The molecule has 0 radical (unpaired) electrons. The standard InChI is InChI=1S/C27H18Cl2N2O4S/c1-13-9-16-10-15(5-8-20(16)35-13)24(32)22-23(14-3-2-4-17(28)11-14)31(26(34)25(22)33)27-30-19-7-6-18(29)12-21(19)36-27/h2-8,10-13,23,32H,9H2,1H3/t13-,23+/m1/s1. The summed E-state index contributed by atoms with van der Waals surface area (Å²) in [4.78, 5) is 32.8. The molecule has 1 aromatic heterocycles. The van der Waals surface area contributed by atoms with Crippen LogP contribution in [-0.4, -0.2) is 27.9 Å². The molecule has 2 aliphatic heterocycles. The van der Waals surface area contributed by atoms with Gasteiger partial charge >= 0.3 is 5.91 Å². The van der Waals surface area contributed by atoms with E-state index in [-0.39, 0.29) is 17.4 Å². The number of benzene rings is 3. The van der Waals surface area contributed by atoms with Crippen LogP contribution in [0.25, 0.3) is 16.0 Å². The van der Waals surface area contributed by atoms with E-state index in [2.05, 4.69) is 4.98 Å². The average Bonchev–Trinajstić information content (AvgIpc) is 3.50. The van der Waals surface area contributed by atoms with Crippen LogP contribution < -0.4 is 9.64 Å². The van der Waals surface area contributed by atoms with E-state index < -0.39 is 17.7 Å². The Labute approximate surface area is 220 Å². The Balaban J connectivity index is 1.54. The number of carbonyl (C=O) groups is 2. The predicted octanol–water partition coefficient (Wildman–Crippen LogP) is 6.55. The van der Waals surface area contributed by atoms with Gasteiger partial charge in [0.25, 0.3) is 5.78 Å². The van der Waals surface area contributed by atoms with Crippen molar-refractivity contribution in [1.29, 1.82) is 0 Å². The molecule has 1 fully saturated rings. The number of ether oxygens (including phenoxy) is 1. The number of amides is 1. The summed E-state index contributed by atoms with van der Waals surface area (Å²) in [7, 11) is 0. The van der Waals surface area contributed by atoms with Crippen LogP contribution in [0.15, 0.2) is 66.2 Å². The van der Waals surface area contributed by atoms with Gasteiger partial charge in [-0.25, -0.2) is 4.98 Å². The van der Waals surface area contributed by atoms with Gasteiger partial charge in [0.1, 0.15) is 17.6 Å². The molecule has 0 aliphatic carbocycles. The molecule has 2 atom stereocenters. The summed E-state index contributed by atoms with van der Waals surface area (Å²) in [6.07, 6.45) is 0.721. The maximum atomic E-state index is 13.4. The molecule has 4 aromatic rings. The van der Waals surface area contributed by atoms with Crippen molar-refractivity contribution in [2.75, 3.05) is 4.90 Å². The van der Waals surface area contributed by atoms with E-state index in [1.165, 1.54) is 16.2 Å². The van der Waals surface area contributed by atoms with Gasteiger partial charge in [0.15, 0.2) is 5.13 Å². The number of aromatic nitrogens is 1. The Kier molecular flexibility index (Phi) is 5.52. The fraction of sp³-hybridized carbons (Fsp3) is 0.148. The molecular formula is C27H18Cl2N2O4S. The zero-order chi connectivity index (χ0) is 25.1. The van der Waals surface area contributed by atoms with Crippen molar-refractivity contribution in [2.24, 2.45) is 0 Å². The van der Waals surface area contributed by atoms with E-state index >= 15 is 0 Å². The molecule has 1 N–H and O–H groups in total. The third-order valence-electron chi connectivity index (χ3n) is 6.32. The number of aliphatic hydroxyl groups excluding tert-OH is 1. The number of hydrogen-bond acceptors (Lipinski definition) is 6. The fourth-order valence-corrected chi connectivity index (χ4v) is 6.20. The monoisotopic (exact) mass is 536 g/mol. The molecule has 6 rings (SSSR count). The molecule has 9 heteroatoms. The second kappa shape index (κ2) is 8.62. The lowest BCUT2D eigenvalue weighted by molar-refractivity contribution is -0.132. The summed E-state index contributed by atoms with van der Waals surface area (Å²) in [5.74, 6) is -1.07. The first-order chi connectivity index (χ1) is 17.3. The molecule has 2 aliphatic rings. The van der Waals surface area contributed by atoms with Gasteiger partial charge in [0.2, 0.25) is 0 Å². The molecule has 3 aromatic carbocycles. The number of halogens is 2. The lowest BCUT2D eigenvalue weighted by Gasteiger charge is -2.23. The second-order valence-electron chi connectivity index (χ2n) is 8.79. The first kappa shape index (κ1) is 23.0. The average molecular weight is 537 g/mol. The third-order valence-corrected chi connectivity index (χ3v) is 7.81. The SMILES string of the molecule is C[C@@H]1Cc2cc(C(O)=C3C(=O)C(=O)N(c4nc5ccc(Cl)cc5s4)[C@H]3c3cccc(Cl)c3)ccc2O1. The number of fused-ring (bicyclic) bond motifs is 2. The van der Waals surface area contributed by atoms with Gasteiger partial charge < -0.3 is 9.84 Å². The first-order valence-corrected chi connectivity index (χ1v) is 12.8. The molecule has 3 heterocycles. The predicted molar refractivity (Wildman–Crippen MR) is 141 cm³/mol. The number of rotatable bonds is 3. The Morgan fingerprint density at radius 1 is 1.08 bits per heavy atom. The van der Waals surface area contributed by atoms with E-state index in [1.807, 2.05) is 6.92 Å². The van der Waals surface area contributed by atoms with Crippen molar-refractivity contribution in [3.8, 4) is 5.75 Å². The highest BCUT2D eigenvalue weighted by atomic mass is 35.5. The summed E-state index contributed by atoms with van der Waals surface area (Å²) in [6.45, 7) is 1.97. The van der Waals surface area contributed by atoms with E-state index in [0.717, 1.165) is 16.0 Å². The smallest absolute Gasteiger partial charge is 0.301 e. The highest BCUT2D eigenvalue weighted by Gasteiger charge is 2.48. The number of aliphatic hydroxyl groups is 1. The molecule has 36 heavy (non-hydrogen) atoms. The molecule has 0 bridgehead atoms. The van der Waals surface area contributed by atoms with Gasteiger partial charge in [0.05, 0.1) is 21.8 Å². The van der Waals surface area contributed by atoms with Crippen LogP contribution in [0.3, 0.4) is 0 Å². The van der Waals surface area contributed by atoms with Crippen molar-refractivity contribution in [2.45, 2.75) is 25.5 Å². The number of ketones is 1. The van der Waals surface area contributed by atoms with Gasteiger partial charge in [-0.05, 0) is 66.6 Å². The van der Waals surface area contributed by atoms with Crippen LogP contribution in [0.4, 0.5) is 5.13 Å². The third kappa shape index (κ3) is 3.75. The fourth-order valence-electron chi connectivity index (χ4n) is 4.74. The molecule has 0 unspecified atom stereocenters. The van der Waals surface area contributed by atoms with Crippen LogP contribution in [0.2, 0.25) is 10.0 Å². The summed E-state index contributed by atoms with van der Waals surface area (Å²) < 4.78 is 6.54.